The van der Waals surface area contributed by atoms with Crippen molar-refractivity contribution in [1.82, 2.24) is 0 Å². The average Bonchev–Trinajstić information content (AvgIpc) is 2.32. The second-order valence-corrected chi connectivity index (χ2v) is 5.75. The molecule has 1 N–H and O–H groups in total. The lowest BCUT2D eigenvalue weighted by molar-refractivity contribution is -0.138. The molecule has 0 saturated heterocycles. The van der Waals surface area contributed by atoms with Gasteiger partial charge >= 0.3 is 5.97 Å². The van der Waals surface area contributed by atoms with Gasteiger partial charge in [0, 0.05) is 24.6 Å². The molecule has 0 spiro atoms. The van der Waals surface area contributed by atoms with Crippen molar-refractivity contribution in [1.29, 1.82) is 0 Å². The number of carboxylic acids is 1. The molecule has 0 unspecified atom stereocenters. The SMILES string of the molecule is CN1C(=O)CCc2cc(C(C)(C)CC(=O)O)ccc21. The molecule has 1 heterocycles. The Hall–Kier alpha value is -1.84. The maximum absolute atomic E-state index is 11.6. The molecule has 1 aromatic carbocycles. The minimum absolute atomic E-state index is 0.0978. The number of aryl methyl sites for hydroxylation is 1. The van der Waals surface area contributed by atoms with Crippen molar-refractivity contribution in [2.75, 3.05) is 11.9 Å². The van der Waals surface area contributed by atoms with E-state index in [1.165, 1.54) is 0 Å². The van der Waals surface area contributed by atoms with Crippen molar-refractivity contribution >= 4 is 17.6 Å². The number of carbonyl (C=O) groups excluding carboxylic acids is 1. The molecule has 0 fully saturated rings. The summed E-state index contributed by atoms with van der Waals surface area (Å²) in [6, 6.07) is 5.89. The van der Waals surface area contributed by atoms with Gasteiger partial charge < -0.3 is 10.0 Å². The third-order valence-electron chi connectivity index (χ3n) is 3.80. The zero-order valence-corrected chi connectivity index (χ0v) is 11.6. The van der Waals surface area contributed by atoms with Crippen LogP contribution in [0.4, 0.5) is 5.69 Å². The molecular formula is C15H19NO3. The second kappa shape index (κ2) is 4.68. The van der Waals surface area contributed by atoms with Crippen molar-refractivity contribution in [3.8, 4) is 0 Å². The first-order valence-corrected chi connectivity index (χ1v) is 6.43. The van der Waals surface area contributed by atoms with Crippen LogP contribution in [-0.2, 0) is 21.4 Å². The van der Waals surface area contributed by atoms with Gasteiger partial charge in [-0.25, -0.2) is 0 Å². The van der Waals surface area contributed by atoms with E-state index in [9.17, 15) is 9.59 Å². The summed E-state index contributed by atoms with van der Waals surface area (Å²) in [4.78, 5) is 24.2. The standard InChI is InChI=1S/C15H19NO3/c1-15(2,9-14(18)19)11-5-6-12-10(8-11)4-7-13(17)16(12)3/h5-6,8H,4,7,9H2,1-3H3,(H,18,19). The highest BCUT2D eigenvalue weighted by Crippen LogP contribution is 2.33. The third-order valence-corrected chi connectivity index (χ3v) is 3.80. The van der Waals surface area contributed by atoms with Crippen molar-refractivity contribution in [3.63, 3.8) is 0 Å². The summed E-state index contributed by atoms with van der Waals surface area (Å²) >= 11 is 0. The fourth-order valence-electron chi connectivity index (χ4n) is 2.56. The Labute approximate surface area is 113 Å². The maximum Gasteiger partial charge on any atom is 0.304 e. The lowest BCUT2D eigenvalue weighted by Crippen LogP contribution is -2.31. The molecule has 4 heteroatoms. The van der Waals surface area contributed by atoms with E-state index < -0.39 is 11.4 Å². The summed E-state index contributed by atoms with van der Waals surface area (Å²) in [7, 11) is 1.78. The number of rotatable bonds is 3. The van der Waals surface area contributed by atoms with Crippen LogP contribution in [0.1, 0.15) is 37.8 Å². The number of aliphatic carboxylic acids is 1. The molecule has 1 amide bonds. The predicted octanol–water partition coefficient (Wildman–Crippen LogP) is 2.35. The Balaban J connectivity index is 2.37. The molecule has 0 aliphatic carbocycles. The molecule has 1 aromatic rings. The highest BCUT2D eigenvalue weighted by atomic mass is 16.4. The Kier molecular flexibility index (Phi) is 3.35. The van der Waals surface area contributed by atoms with Crippen molar-refractivity contribution < 1.29 is 14.7 Å². The van der Waals surface area contributed by atoms with Gasteiger partial charge in [-0.15, -0.1) is 0 Å². The lowest BCUT2D eigenvalue weighted by atomic mass is 9.80. The lowest BCUT2D eigenvalue weighted by Gasteiger charge is -2.29. The summed E-state index contributed by atoms with van der Waals surface area (Å²) < 4.78 is 0. The van der Waals surface area contributed by atoms with Crippen LogP contribution in [-0.4, -0.2) is 24.0 Å². The Morgan fingerprint density at radius 3 is 2.68 bits per heavy atom. The first-order valence-electron chi connectivity index (χ1n) is 6.43. The average molecular weight is 261 g/mol. The number of hydrogen-bond donors (Lipinski definition) is 1. The van der Waals surface area contributed by atoms with E-state index in [0.717, 1.165) is 23.2 Å². The van der Waals surface area contributed by atoms with Crippen molar-refractivity contribution in [3.05, 3.63) is 29.3 Å². The molecular weight excluding hydrogens is 242 g/mol. The van der Waals surface area contributed by atoms with Crippen molar-refractivity contribution in [2.45, 2.75) is 38.5 Å². The van der Waals surface area contributed by atoms with Crippen LogP contribution in [0.5, 0.6) is 0 Å². The Morgan fingerprint density at radius 1 is 1.37 bits per heavy atom. The van der Waals surface area contributed by atoms with Crippen LogP contribution in [0.2, 0.25) is 0 Å². The smallest absolute Gasteiger partial charge is 0.304 e. The molecule has 0 aromatic heterocycles. The van der Waals surface area contributed by atoms with E-state index in [1.54, 1.807) is 11.9 Å². The Bertz CT molecular complexity index is 534. The van der Waals surface area contributed by atoms with Crippen LogP contribution in [0.25, 0.3) is 0 Å². The summed E-state index contributed by atoms with van der Waals surface area (Å²) in [6.07, 6.45) is 1.35. The molecule has 4 nitrogen and oxygen atoms in total. The van der Waals surface area contributed by atoms with Gasteiger partial charge in [0.2, 0.25) is 5.91 Å². The molecule has 0 radical (unpaired) electrons. The molecule has 2 rings (SSSR count). The quantitative estimate of drug-likeness (QED) is 0.908. The van der Waals surface area contributed by atoms with Gasteiger partial charge in [0.25, 0.3) is 0 Å². The molecule has 1 aliphatic heterocycles. The number of anilines is 1. The molecule has 0 saturated carbocycles. The first kappa shape index (κ1) is 13.6. The number of nitrogens with zero attached hydrogens (tertiary/aromatic N) is 1. The van der Waals surface area contributed by atoms with Gasteiger partial charge in [0.05, 0.1) is 6.42 Å². The number of amides is 1. The number of fused-ring (bicyclic) bond motifs is 1. The van der Waals surface area contributed by atoms with Gasteiger partial charge in [-0.3, -0.25) is 9.59 Å². The fraction of sp³-hybridized carbons (Fsp3) is 0.467. The molecule has 19 heavy (non-hydrogen) atoms. The predicted molar refractivity (Wildman–Crippen MR) is 73.5 cm³/mol. The van der Waals surface area contributed by atoms with Gasteiger partial charge in [-0.2, -0.15) is 0 Å². The van der Waals surface area contributed by atoms with Crippen LogP contribution in [0.15, 0.2) is 18.2 Å². The largest absolute Gasteiger partial charge is 0.481 e. The third kappa shape index (κ3) is 2.62. The van der Waals surface area contributed by atoms with E-state index in [0.29, 0.717) is 6.42 Å². The Morgan fingerprint density at radius 2 is 2.05 bits per heavy atom. The van der Waals surface area contributed by atoms with E-state index in [4.69, 9.17) is 5.11 Å². The molecule has 0 bridgehead atoms. The zero-order chi connectivity index (χ0) is 14.2. The first-order chi connectivity index (χ1) is 8.81. The maximum atomic E-state index is 11.6. The van der Waals surface area contributed by atoms with E-state index in [-0.39, 0.29) is 12.3 Å². The summed E-state index contributed by atoms with van der Waals surface area (Å²) in [6.45, 7) is 3.86. The van der Waals surface area contributed by atoms with E-state index in [1.807, 2.05) is 32.0 Å². The summed E-state index contributed by atoms with van der Waals surface area (Å²) in [5, 5.41) is 8.97. The number of benzene rings is 1. The van der Waals surface area contributed by atoms with Gasteiger partial charge in [0.15, 0.2) is 0 Å². The number of carboxylic acid groups (broad SMARTS) is 1. The molecule has 1 aliphatic rings. The van der Waals surface area contributed by atoms with Gasteiger partial charge in [0.1, 0.15) is 0 Å². The highest BCUT2D eigenvalue weighted by molar-refractivity contribution is 5.95. The summed E-state index contributed by atoms with van der Waals surface area (Å²) in [5.74, 6) is -0.667. The monoisotopic (exact) mass is 261 g/mol. The van der Waals surface area contributed by atoms with Crippen LogP contribution in [0, 0.1) is 0 Å². The van der Waals surface area contributed by atoms with Crippen LogP contribution >= 0.6 is 0 Å². The van der Waals surface area contributed by atoms with Crippen LogP contribution in [0.3, 0.4) is 0 Å². The van der Waals surface area contributed by atoms with E-state index in [2.05, 4.69) is 0 Å². The zero-order valence-electron chi connectivity index (χ0n) is 11.6. The summed E-state index contributed by atoms with van der Waals surface area (Å²) in [5.41, 5.74) is 2.67. The molecule has 0 atom stereocenters. The number of carbonyl (C=O) groups is 2. The van der Waals surface area contributed by atoms with Gasteiger partial charge in [-0.05, 0) is 23.6 Å². The molecule has 102 valence electrons. The van der Waals surface area contributed by atoms with Crippen molar-refractivity contribution in [2.24, 2.45) is 0 Å². The highest BCUT2D eigenvalue weighted by Gasteiger charge is 2.27. The van der Waals surface area contributed by atoms with Crippen LogP contribution < -0.4 is 4.90 Å². The fourth-order valence-corrected chi connectivity index (χ4v) is 2.56. The normalized spacial score (nSPS) is 15.3. The topological polar surface area (TPSA) is 57.6 Å². The van der Waals surface area contributed by atoms with E-state index >= 15 is 0 Å². The second-order valence-electron chi connectivity index (χ2n) is 5.75. The minimum atomic E-state index is -0.796. The minimum Gasteiger partial charge on any atom is -0.481 e. The number of hydrogen-bond acceptors (Lipinski definition) is 2. The van der Waals surface area contributed by atoms with Gasteiger partial charge in [-0.1, -0.05) is 26.0 Å².